The van der Waals surface area contributed by atoms with Crippen LogP contribution in [0.2, 0.25) is 0 Å². The molecule has 2 nitrogen and oxygen atoms in total. The van der Waals surface area contributed by atoms with Gasteiger partial charge in [0.1, 0.15) is 0 Å². The Labute approximate surface area is 108 Å². The molecule has 3 heteroatoms. The van der Waals surface area contributed by atoms with Gasteiger partial charge < -0.3 is 5.32 Å². The molecule has 0 aliphatic heterocycles. The van der Waals surface area contributed by atoms with E-state index in [9.17, 15) is 4.21 Å². The average molecular weight is 257 g/mol. The van der Waals surface area contributed by atoms with Crippen LogP contribution in [0.25, 0.3) is 0 Å². The summed E-state index contributed by atoms with van der Waals surface area (Å²) in [5.74, 6) is 2.91. The Morgan fingerprint density at radius 3 is 2.65 bits per heavy atom. The summed E-state index contributed by atoms with van der Waals surface area (Å²) in [6, 6.07) is 0.750. The fourth-order valence-electron chi connectivity index (χ4n) is 3.64. The first-order chi connectivity index (χ1) is 8.25. The normalized spacial score (nSPS) is 35.2. The van der Waals surface area contributed by atoms with Crippen molar-refractivity contribution in [2.45, 2.75) is 57.4 Å². The second-order valence-corrected chi connectivity index (χ2v) is 7.45. The Morgan fingerprint density at radius 2 is 1.88 bits per heavy atom. The van der Waals surface area contributed by atoms with Gasteiger partial charge in [0.15, 0.2) is 0 Å². The van der Waals surface area contributed by atoms with E-state index in [1.54, 1.807) is 6.26 Å². The molecule has 0 heterocycles. The van der Waals surface area contributed by atoms with Crippen molar-refractivity contribution < 1.29 is 4.21 Å². The molecule has 2 aliphatic rings. The largest absolute Gasteiger partial charge is 0.314 e. The van der Waals surface area contributed by atoms with Gasteiger partial charge in [-0.05, 0) is 44.1 Å². The molecule has 0 aromatic rings. The molecule has 1 N–H and O–H groups in total. The molecule has 0 spiro atoms. The summed E-state index contributed by atoms with van der Waals surface area (Å²) in [4.78, 5) is 0. The highest BCUT2D eigenvalue weighted by Gasteiger charge is 2.31. The van der Waals surface area contributed by atoms with E-state index < -0.39 is 10.8 Å². The van der Waals surface area contributed by atoms with Crippen LogP contribution in [0, 0.1) is 11.8 Å². The summed E-state index contributed by atoms with van der Waals surface area (Å²) < 4.78 is 11.0. The van der Waals surface area contributed by atoms with Crippen molar-refractivity contribution >= 4 is 10.8 Å². The van der Waals surface area contributed by atoms with Crippen molar-refractivity contribution in [2.24, 2.45) is 11.8 Å². The Kier molecular flexibility index (Phi) is 5.49. The summed E-state index contributed by atoms with van der Waals surface area (Å²) in [5.41, 5.74) is 0. The van der Waals surface area contributed by atoms with Crippen molar-refractivity contribution in [3.05, 3.63) is 0 Å². The Hall–Kier alpha value is 0.110. The fourth-order valence-corrected chi connectivity index (χ4v) is 4.19. The first-order valence-electron chi connectivity index (χ1n) is 7.29. The van der Waals surface area contributed by atoms with Gasteiger partial charge in [-0.1, -0.05) is 25.7 Å². The Balaban J connectivity index is 1.64. The first kappa shape index (κ1) is 13.5. The minimum atomic E-state index is -0.619. The highest BCUT2D eigenvalue weighted by molar-refractivity contribution is 7.84. The molecule has 2 fully saturated rings. The minimum absolute atomic E-state index is 0.619. The molecule has 0 amide bonds. The van der Waals surface area contributed by atoms with Gasteiger partial charge in [0.05, 0.1) is 0 Å². The first-order valence-corrected chi connectivity index (χ1v) is 9.02. The lowest BCUT2D eigenvalue weighted by Gasteiger charge is -2.39. The summed E-state index contributed by atoms with van der Waals surface area (Å²) >= 11 is 0. The van der Waals surface area contributed by atoms with E-state index in [1.165, 1.54) is 44.9 Å². The topological polar surface area (TPSA) is 29.1 Å². The molecule has 0 saturated heterocycles. The molecule has 0 bridgehead atoms. The second-order valence-electron chi connectivity index (χ2n) is 5.90. The molecule has 0 radical (unpaired) electrons. The number of hydrogen-bond donors (Lipinski definition) is 1. The number of hydrogen-bond acceptors (Lipinski definition) is 2. The van der Waals surface area contributed by atoms with E-state index in [2.05, 4.69) is 5.32 Å². The second kappa shape index (κ2) is 6.89. The van der Waals surface area contributed by atoms with E-state index >= 15 is 0 Å². The van der Waals surface area contributed by atoms with Gasteiger partial charge in [-0.15, -0.1) is 0 Å². The zero-order valence-electron chi connectivity index (χ0n) is 11.1. The predicted molar refractivity (Wildman–Crippen MR) is 74.6 cm³/mol. The van der Waals surface area contributed by atoms with E-state index in [-0.39, 0.29) is 0 Å². The Morgan fingerprint density at radius 1 is 1.12 bits per heavy atom. The monoisotopic (exact) mass is 257 g/mol. The third-order valence-corrected chi connectivity index (χ3v) is 5.44. The zero-order valence-corrected chi connectivity index (χ0v) is 11.9. The predicted octanol–water partition coefficient (Wildman–Crippen LogP) is 2.70. The van der Waals surface area contributed by atoms with E-state index in [0.29, 0.717) is 0 Å². The molecule has 4 unspecified atom stereocenters. The molecule has 2 rings (SSSR count). The maximum absolute atomic E-state index is 11.0. The van der Waals surface area contributed by atoms with Gasteiger partial charge in [-0.2, -0.15) is 0 Å². The molecular weight excluding hydrogens is 230 g/mol. The molecule has 2 aliphatic carbocycles. The van der Waals surface area contributed by atoms with Crippen molar-refractivity contribution in [1.82, 2.24) is 5.32 Å². The van der Waals surface area contributed by atoms with Crippen LogP contribution in [-0.2, 0) is 10.8 Å². The molecule has 0 aromatic carbocycles. The lowest BCUT2D eigenvalue weighted by Crippen LogP contribution is -2.39. The quantitative estimate of drug-likeness (QED) is 0.767. The average Bonchev–Trinajstić information content (AvgIpc) is 2.34. The van der Waals surface area contributed by atoms with Crippen molar-refractivity contribution in [3.63, 3.8) is 0 Å². The van der Waals surface area contributed by atoms with Crippen LogP contribution in [-0.4, -0.2) is 28.8 Å². The smallest absolute Gasteiger partial charge is 0.0244 e. The SMILES string of the molecule is CS(=O)CCCNC1CCC2CCCCC2C1. The lowest BCUT2D eigenvalue weighted by molar-refractivity contribution is 0.144. The minimum Gasteiger partial charge on any atom is -0.314 e. The number of rotatable bonds is 5. The molecule has 17 heavy (non-hydrogen) atoms. The summed E-state index contributed by atoms with van der Waals surface area (Å²) in [5, 5.41) is 3.68. The maximum atomic E-state index is 11.0. The van der Waals surface area contributed by atoms with E-state index in [0.717, 1.165) is 36.6 Å². The number of nitrogens with one attached hydrogen (secondary N) is 1. The van der Waals surface area contributed by atoms with Crippen molar-refractivity contribution in [1.29, 1.82) is 0 Å². The highest BCUT2D eigenvalue weighted by Crippen LogP contribution is 2.40. The molecular formula is C14H27NOS. The van der Waals surface area contributed by atoms with Gasteiger partial charge in [-0.25, -0.2) is 0 Å². The highest BCUT2D eigenvalue weighted by atomic mass is 32.2. The lowest BCUT2D eigenvalue weighted by atomic mass is 9.69. The standard InChI is InChI=1S/C14H27NOS/c1-17(16)10-4-9-15-14-8-7-12-5-2-3-6-13(12)11-14/h12-15H,2-11H2,1H3. The fraction of sp³-hybridized carbons (Fsp3) is 1.00. The Bertz CT molecular complexity index is 257. The van der Waals surface area contributed by atoms with Gasteiger partial charge >= 0.3 is 0 Å². The van der Waals surface area contributed by atoms with Crippen molar-refractivity contribution in [2.75, 3.05) is 18.6 Å². The van der Waals surface area contributed by atoms with Crippen LogP contribution in [0.15, 0.2) is 0 Å². The summed E-state index contributed by atoms with van der Waals surface area (Å²) in [7, 11) is -0.619. The van der Waals surface area contributed by atoms with Crippen LogP contribution < -0.4 is 5.32 Å². The van der Waals surface area contributed by atoms with E-state index in [4.69, 9.17) is 0 Å². The van der Waals surface area contributed by atoms with Gasteiger partial charge in [0, 0.05) is 28.9 Å². The number of fused-ring (bicyclic) bond motifs is 1. The van der Waals surface area contributed by atoms with Crippen LogP contribution in [0.1, 0.15) is 51.4 Å². The molecule has 2 saturated carbocycles. The molecule has 4 atom stereocenters. The summed E-state index contributed by atoms with van der Waals surface area (Å²) in [6.07, 6.45) is 13.0. The van der Waals surface area contributed by atoms with Gasteiger partial charge in [-0.3, -0.25) is 4.21 Å². The zero-order chi connectivity index (χ0) is 12.1. The third kappa shape index (κ3) is 4.36. The van der Waals surface area contributed by atoms with Crippen molar-refractivity contribution in [3.8, 4) is 0 Å². The van der Waals surface area contributed by atoms with E-state index in [1.807, 2.05) is 0 Å². The molecule has 100 valence electrons. The molecule has 0 aromatic heterocycles. The van der Waals surface area contributed by atoms with Crippen LogP contribution in [0.3, 0.4) is 0 Å². The summed E-state index contributed by atoms with van der Waals surface area (Å²) in [6.45, 7) is 1.06. The van der Waals surface area contributed by atoms with Gasteiger partial charge in [0.25, 0.3) is 0 Å². The van der Waals surface area contributed by atoms with Gasteiger partial charge in [0.2, 0.25) is 0 Å². The van der Waals surface area contributed by atoms with Crippen LogP contribution in [0.4, 0.5) is 0 Å². The maximum Gasteiger partial charge on any atom is 0.0244 e. The van der Waals surface area contributed by atoms with Crippen LogP contribution in [0.5, 0.6) is 0 Å². The van der Waals surface area contributed by atoms with Crippen LogP contribution >= 0.6 is 0 Å². The third-order valence-electron chi connectivity index (χ3n) is 4.58.